The van der Waals surface area contributed by atoms with E-state index in [0.29, 0.717) is 16.7 Å². The van der Waals surface area contributed by atoms with Gasteiger partial charge in [0.2, 0.25) is 15.9 Å². The molecule has 0 atom stereocenters. The summed E-state index contributed by atoms with van der Waals surface area (Å²) in [5.74, 6) is -0.146. The Morgan fingerprint density at radius 3 is 2.62 bits per heavy atom. The van der Waals surface area contributed by atoms with E-state index in [0.717, 1.165) is 17.9 Å². The Hall–Kier alpha value is -2.91. The molecular formula is C19H17ClFN3O4S. The first kappa shape index (κ1) is 20.8. The molecule has 1 heterocycles. The summed E-state index contributed by atoms with van der Waals surface area (Å²) in [7, 11) is -3.64. The molecule has 10 heteroatoms. The second-order valence-corrected chi connectivity index (χ2v) is 8.43. The standard InChI is InChI=1S/C19H17ClFN3O4S/c1-29(26,27)24-16-10-14(6-7-15(16)21)23-18(25)8-9-19-22-11-17(28-19)12-2-4-13(20)5-3-12/h2-7,10-11,24H,8-9H2,1H3,(H,23,25). The van der Waals surface area contributed by atoms with Crippen LogP contribution in [0.4, 0.5) is 15.8 Å². The minimum atomic E-state index is -3.64. The van der Waals surface area contributed by atoms with Gasteiger partial charge in [0.25, 0.3) is 0 Å². The molecule has 3 aromatic rings. The predicted octanol–water partition coefficient (Wildman–Crippen LogP) is 4.08. The van der Waals surface area contributed by atoms with E-state index in [1.807, 2.05) is 0 Å². The van der Waals surface area contributed by atoms with E-state index in [9.17, 15) is 17.6 Å². The van der Waals surface area contributed by atoms with Crippen molar-refractivity contribution in [3.05, 3.63) is 65.4 Å². The van der Waals surface area contributed by atoms with Gasteiger partial charge in [0.1, 0.15) is 5.82 Å². The number of aryl methyl sites for hydroxylation is 1. The molecule has 0 aliphatic carbocycles. The van der Waals surface area contributed by atoms with Crippen LogP contribution in [0, 0.1) is 5.82 Å². The predicted molar refractivity (Wildman–Crippen MR) is 109 cm³/mol. The number of anilines is 2. The quantitative estimate of drug-likeness (QED) is 0.580. The minimum Gasteiger partial charge on any atom is -0.441 e. The lowest BCUT2D eigenvalue weighted by Crippen LogP contribution is -2.14. The maximum absolute atomic E-state index is 13.7. The van der Waals surface area contributed by atoms with Gasteiger partial charge in [-0.2, -0.15) is 0 Å². The molecule has 0 saturated heterocycles. The molecule has 1 amide bonds. The van der Waals surface area contributed by atoms with Crippen LogP contribution >= 0.6 is 11.6 Å². The van der Waals surface area contributed by atoms with Crippen LogP contribution in [-0.4, -0.2) is 25.6 Å². The number of aromatic nitrogens is 1. The van der Waals surface area contributed by atoms with Crippen molar-refractivity contribution in [2.24, 2.45) is 0 Å². The summed E-state index contributed by atoms with van der Waals surface area (Å²) in [6.45, 7) is 0. The van der Waals surface area contributed by atoms with E-state index in [1.54, 1.807) is 30.5 Å². The number of oxazole rings is 1. The van der Waals surface area contributed by atoms with Gasteiger partial charge in [-0.25, -0.2) is 17.8 Å². The number of nitrogens with one attached hydrogen (secondary N) is 2. The first-order chi connectivity index (χ1) is 13.7. The number of carbonyl (C=O) groups excluding carboxylic acids is 1. The number of sulfonamides is 1. The van der Waals surface area contributed by atoms with Gasteiger partial charge in [-0.05, 0) is 42.5 Å². The molecule has 0 saturated carbocycles. The van der Waals surface area contributed by atoms with E-state index in [1.165, 1.54) is 12.1 Å². The Morgan fingerprint density at radius 1 is 1.21 bits per heavy atom. The van der Waals surface area contributed by atoms with Crippen LogP contribution in [0.2, 0.25) is 5.02 Å². The molecule has 2 aromatic carbocycles. The van der Waals surface area contributed by atoms with Gasteiger partial charge in [0.15, 0.2) is 11.7 Å². The number of hydrogen-bond donors (Lipinski definition) is 2. The number of amides is 1. The molecule has 152 valence electrons. The maximum atomic E-state index is 13.7. The van der Waals surface area contributed by atoms with Crippen LogP contribution in [0.15, 0.2) is 53.1 Å². The first-order valence-electron chi connectivity index (χ1n) is 8.47. The Kier molecular flexibility index (Phi) is 6.19. The number of rotatable bonds is 7. The van der Waals surface area contributed by atoms with Crippen molar-refractivity contribution in [3.8, 4) is 11.3 Å². The molecule has 0 aliphatic heterocycles. The maximum Gasteiger partial charge on any atom is 0.229 e. The van der Waals surface area contributed by atoms with Crippen LogP contribution in [0.3, 0.4) is 0 Å². The fourth-order valence-electron chi connectivity index (χ4n) is 2.50. The topological polar surface area (TPSA) is 101 Å². The molecule has 2 N–H and O–H groups in total. The van der Waals surface area contributed by atoms with E-state index in [4.69, 9.17) is 16.0 Å². The van der Waals surface area contributed by atoms with Gasteiger partial charge in [-0.1, -0.05) is 11.6 Å². The molecule has 29 heavy (non-hydrogen) atoms. The number of halogens is 2. The number of carbonyl (C=O) groups is 1. The van der Waals surface area contributed by atoms with Crippen molar-refractivity contribution in [1.29, 1.82) is 0 Å². The fourth-order valence-corrected chi connectivity index (χ4v) is 3.18. The first-order valence-corrected chi connectivity index (χ1v) is 10.7. The molecule has 3 rings (SSSR count). The Labute approximate surface area is 172 Å². The van der Waals surface area contributed by atoms with Gasteiger partial charge in [0, 0.05) is 29.1 Å². The summed E-state index contributed by atoms with van der Waals surface area (Å²) >= 11 is 5.86. The average Bonchev–Trinajstić information content (AvgIpc) is 3.11. The van der Waals surface area contributed by atoms with E-state index < -0.39 is 15.8 Å². The normalized spacial score (nSPS) is 11.3. The van der Waals surface area contributed by atoms with Crippen LogP contribution < -0.4 is 10.0 Å². The van der Waals surface area contributed by atoms with Crippen LogP contribution in [0.1, 0.15) is 12.3 Å². The summed E-state index contributed by atoms with van der Waals surface area (Å²) in [6.07, 6.45) is 2.81. The highest BCUT2D eigenvalue weighted by molar-refractivity contribution is 7.92. The largest absolute Gasteiger partial charge is 0.441 e. The highest BCUT2D eigenvalue weighted by Crippen LogP contribution is 2.23. The molecule has 1 aromatic heterocycles. The SMILES string of the molecule is CS(=O)(=O)Nc1cc(NC(=O)CCc2ncc(-c3ccc(Cl)cc3)o2)ccc1F. The molecule has 0 fully saturated rings. The number of nitrogens with zero attached hydrogens (tertiary/aromatic N) is 1. The Balaban J connectivity index is 1.59. The molecule has 0 radical (unpaired) electrons. The summed E-state index contributed by atoms with van der Waals surface area (Å²) in [4.78, 5) is 16.3. The zero-order valence-electron chi connectivity index (χ0n) is 15.3. The third-order valence-electron chi connectivity index (χ3n) is 3.79. The summed E-state index contributed by atoms with van der Waals surface area (Å²) in [5, 5.41) is 3.20. The van der Waals surface area contributed by atoms with Crippen molar-refractivity contribution >= 4 is 38.9 Å². The van der Waals surface area contributed by atoms with Crippen molar-refractivity contribution < 1.29 is 22.0 Å². The molecular weight excluding hydrogens is 421 g/mol. The van der Waals surface area contributed by atoms with Crippen molar-refractivity contribution in [1.82, 2.24) is 4.98 Å². The summed E-state index contributed by atoms with van der Waals surface area (Å²) in [6, 6.07) is 10.7. The molecule has 0 aliphatic rings. The van der Waals surface area contributed by atoms with E-state index in [2.05, 4.69) is 15.0 Å². The molecule has 0 unspecified atom stereocenters. The van der Waals surface area contributed by atoms with Crippen LogP contribution in [0.5, 0.6) is 0 Å². The average molecular weight is 438 g/mol. The van der Waals surface area contributed by atoms with Gasteiger partial charge in [-0.3, -0.25) is 9.52 Å². The molecule has 7 nitrogen and oxygen atoms in total. The highest BCUT2D eigenvalue weighted by Gasteiger charge is 2.12. The van der Waals surface area contributed by atoms with Gasteiger partial charge in [-0.15, -0.1) is 0 Å². The number of hydrogen-bond acceptors (Lipinski definition) is 5. The van der Waals surface area contributed by atoms with E-state index >= 15 is 0 Å². The van der Waals surface area contributed by atoms with Crippen LogP contribution in [-0.2, 0) is 21.2 Å². The highest BCUT2D eigenvalue weighted by atomic mass is 35.5. The Morgan fingerprint density at radius 2 is 1.93 bits per heavy atom. The zero-order chi connectivity index (χ0) is 21.0. The van der Waals surface area contributed by atoms with Crippen molar-refractivity contribution in [3.63, 3.8) is 0 Å². The van der Waals surface area contributed by atoms with Crippen molar-refractivity contribution in [2.75, 3.05) is 16.3 Å². The van der Waals surface area contributed by atoms with Gasteiger partial charge in [0.05, 0.1) is 18.1 Å². The lowest BCUT2D eigenvalue weighted by atomic mass is 10.2. The van der Waals surface area contributed by atoms with Crippen LogP contribution in [0.25, 0.3) is 11.3 Å². The summed E-state index contributed by atoms with van der Waals surface area (Å²) < 4.78 is 44.0. The third kappa shape index (κ3) is 6.03. The second kappa shape index (κ2) is 8.62. The van der Waals surface area contributed by atoms with Gasteiger partial charge < -0.3 is 9.73 Å². The van der Waals surface area contributed by atoms with E-state index in [-0.39, 0.29) is 30.1 Å². The lowest BCUT2D eigenvalue weighted by Gasteiger charge is -2.09. The monoisotopic (exact) mass is 437 g/mol. The summed E-state index contributed by atoms with van der Waals surface area (Å²) in [5.41, 5.74) is 0.831. The minimum absolute atomic E-state index is 0.0762. The smallest absolute Gasteiger partial charge is 0.229 e. The molecule has 0 spiro atoms. The number of benzene rings is 2. The fraction of sp³-hybridized carbons (Fsp3) is 0.158. The Bertz CT molecular complexity index is 1130. The molecule has 0 bridgehead atoms. The second-order valence-electron chi connectivity index (χ2n) is 6.24. The third-order valence-corrected chi connectivity index (χ3v) is 4.64. The lowest BCUT2D eigenvalue weighted by molar-refractivity contribution is -0.116. The van der Waals surface area contributed by atoms with Gasteiger partial charge >= 0.3 is 0 Å². The van der Waals surface area contributed by atoms with Crippen molar-refractivity contribution in [2.45, 2.75) is 12.8 Å². The zero-order valence-corrected chi connectivity index (χ0v) is 16.8.